The number of nitrogens with zero attached hydrogens (tertiary/aromatic N) is 1. The summed E-state index contributed by atoms with van der Waals surface area (Å²) in [5, 5.41) is 0. The summed E-state index contributed by atoms with van der Waals surface area (Å²) in [6, 6.07) is 4.62. The van der Waals surface area contributed by atoms with Gasteiger partial charge in [0.1, 0.15) is 0 Å². The van der Waals surface area contributed by atoms with E-state index in [1.165, 1.54) is 41.8 Å². The van der Waals surface area contributed by atoms with E-state index in [-0.39, 0.29) is 0 Å². The Bertz CT molecular complexity index is 341. The van der Waals surface area contributed by atoms with Gasteiger partial charge < -0.3 is 4.90 Å². The van der Waals surface area contributed by atoms with Crippen LogP contribution in [0.3, 0.4) is 0 Å². The van der Waals surface area contributed by atoms with Crippen LogP contribution in [-0.2, 0) is 12.8 Å². The maximum atomic E-state index is 2.41. The highest BCUT2D eigenvalue weighted by molar-refractivity contribution is 5.62. The van der Waals surface area contributed by atoms with Gasteiger partial charge in [-0.3, -0.25) is 0 Å². The molecule has 0 fully saturated rings. The summed E-state index contributed by atoms with van der Waals surface area (Å²) in [6.45, 7) is 5.71. The van der Waals surface area contributed by atoms with Crippen molar-refractivity contribution in [2.24, 2.45) is 0 Å². The summed E-state index contributed by atoms with van der Waals surface area (Å²) >= 11 is 0. The largest absolute Gasteiger partial charge is 0.374 e. The lowest BCUT2D eigenvalue weighted by Gasteiger charge is -2.30. The molecule has 76 valence electrons. The molecule has 0 spiro atoms. The van der Waals surface area contributed by atoms with E-state index < -0.39 is 0 Å². The molecule has 2 rings (SSSR count). The highest BCUT2D eigenvalue weighted by atomic mass is 15.1. The SMILES string of the molecule is CCc1ccc2c(c1C)N(C)CCC2. The molecule has 0 atom stereocenters. The van der Waals surface area contributed by atoms with Crippen LogP contribution < -0.4 is 4.90 Å². The lowest BCUT2D eigenvalue weighted by atomic mass is 9.94. The second-order valence-corrected chi connectivity index (χ2v) is 4.24. The fraction of sp³-hybridized carbons (Fsp3) is 0.538. The van der Waals surface area contributed by atoms with Crippen molar-refractivity contribution in [3.8, 4) is 0 Å². The second kappa shape index (κ2) is 3.64. The summed E-state index contributed by atoms with van der Waals surface area (Å²) in [6.07, 6.45) is 3.70. The molecule has 14 heavy (non-hydrogen) atoms. The normalized spacial score (nSPS) is 15.5. The Hall–Kier alpha value is -0.980. The highest BCUT2D eigenvalue weighted by Gasteiger charge is 2.16. The first-order valence-electron chi connectivity index (χ1n) is 5.56. The summed E-state index contributed by atoms with van der Waals surface area (Å²) in [7, 11) is 2.21. The predicted molar refractivity (Wildman–Crippen MR) is 62.1 cm³/mol. The van der Waals surface area contributed by atoms with Crippen LogP contribution in [0.1, 0.15) is 30.0 Å². The molecule has 1 nitrogen and oxygen atoms in total. The van der Waals surface area contributed by atoms with Gasteiger partial charge in [0.05, 0.1) is 0 Å². The van der Waals surface area contributed by atoms with E-state index in [9.17, 15) is 0 Å². The zero-order valence-corrected chi connectivity index (χ0v) is 9.43. The van der Waals surface area contributed by atoms with Gasteiger partial charge in [0.15, 0.2) is 0 Å². The molecule has 0 amide bonds. The van der Waals surface area contributed by atoms with Gasteiger partial charge in [-0.15, -0.1) is 0 Å². The molecule has 1 aliphatic rings. The molecule has 1 aromatic carbocycles. The van der Waals surface area contributed by atoms with Crippen molar-refractivity contribution >= 4 is 5.69 Å². The van der Waals surface area contributed by atoms with Crippen LogP contribution in [0.5, 0.6) is 0 Å². The van der Waals surface area contributed by atoms with Crippen molar-refractivity contribution in [3.63, 3.8) is 0 Å². The Kier molecular flexibility index (Phi) is 2.49. The van der Waals surface area contributed by atoms with Crippen LogP contribution in [0.2, 0.25) is 0 Å². The molecule has 1 aromatic rings. The highest BCUT2D eigenvalue weighted by Crippen LogP contribution is 2.31. The van der Waals surface area contributed by atoms with E-state index in [1.54, 1.807) is 0 Å². The van der Waals surface area contributed by atoms with E-state index in [4.69, 9.17) is 0 Å². The summed E-state index contributed by atoms with van der Waals surface area (Å²) in [5.41, 5.74) is 6.02. The third-order valence-corrected chi connectivity index (χ3v) is 3.33. The lowest BCUT2D eigenvalue weighted by Crippen LogP contribution is -2.25. The van der Waals surface area contributed by atoms with Gasteiger partial charge in [-0.05, 0) is 42.9 Å². The van der Waals surface area contributed by atoms with E-state index in [0.717, 1.165) is 6.42 Å². The monoisotopic (exact) mass is 189 g/mol. The first kappa shape index (κ1) is 9.57. The molecule has 0 radical (unpaired) electrons. The number of anilines is 1. The molecular formula is C13H19N. The van der Waals surface area contributed by atoms with Crippen molar-refractivity contribution in [3.05, 3.63) is 28.8 Å². The number of rotatable bonds is 1. The van der Waals surface area contributed by atoms with E-state index >= 15 is 0 Å². The third-order valence-electron chi connectivity index (χ3n) is 3.33. The minimum absolute atomic E-state index is 1.15. The average molecular weight is 189 g/mol. The molecule has 0 N–H and O–H groups in total. The zero-order chi connectivity index (χ0) is 10.1. The molecule has 1 aliphatic heterocycles. The van der Waals surface area contributed by atoms with Gasteiger partial charge in [-0.25, -0.2) is 0 Å². The Balaban J connectivity index is 2.54. The fourth-order valence-electron chi connectivity index (χ4n) is 2.53. The van der Waals surface area contributed by atoms with Gasteiger partial charge in [0.2, 0.25) is 0 Å². The maximum Gasteiger partial charge on any atom is 0.0428 e. The molecule has 0 saturated carbocycles. The topological polar surface area (TPSA) is 3.24 Å². The lowest BCUT2D eigenvalue weighted by molar-refractivity contribution is 0.740. The van der Waals surface area contributed by atoms with Crippen LogP contribution in [0.15, 0.2) is 12.1 Å². The number of fused-ring (bicyclic) bond motifs is 1. The predicted octanol–water partition coefficient (Wildman–Crippen LogP) is 2.94. The van der Waals surface area contributed by atoms with Gasteiger partial charge in [-0.1, -0.05) is 19.1 Å². The molecule has 0 unspecified atom stereocenters. The first-order chi connectivity index (χ1) is 6.74. The molecule has 0 saturated heterocycles. The molecule has 1 heteroatoms. The summed E-state index contributed by atoms with van der Waals surface area (Å²) < 4.78 is 0. The summed E-state index contributed by atoms with van der Waals surface area (Å²) in [4.78, 5) is 2.41. The fourth-order valence-corrected chi connectivity index (χ4v) is 2.53. The average Bonchev–Trinajstić information content (AvgIpc) is 2.18. The van der Waals surface area contributed by atoms with Crippen LogP contribution in [0, 0.1) is 6.92 Å². The quantitative estimate of drug-likeness (QED) is 0.656. The third kappa shape index (κ3) is 1.41. The number of hydrogen-bond donors (Lipinski definition) is 0. The van der Waals surface area contributed by atoms with Crippen molar-refractivity contribution in [1.29, 1.82) is 0 Å². The van der Waals surface area contributed by atoms with E-state index in [2.05, 4.69) is 37.9 Å². The molecule has 0 aliphatic carbocycles. The van der Waals surface area contributed by atoms with Crippen LogP contribution in [0.4, 0.5) is 5.69 Å². The molecule has 0 bridgehead atoms. The van der Waals surface area contributed by atoms with Gasteiger partial charge in [0.25, 0.3) is 0 Å². The standard InChI is InChI=1S/C13H19N/c1-4-11-7-8-12-6-5-9-14(3)13(12)10(11)2/h7-8H,4-6,9H2,1-3H3. The Labute approximate surface area is 86.7 Å². The van der Waals surface area contributed by atoms with Crippen LogP contribution in [0.25, 0.3) is 0 Å². The van der Waals surface area contributed by atoms with E-state index in [0.29, 0.717) is 0 Å². The van der Waals surface area contributed by atoms with Gasteiger partial charge in [0, 0.05) is 19.3 Å². The van der Waals surface area contributed by atoms with Crippen LogP contribution >= 0.6 is 0 Å². The number of hydrogen-bond acceptors (Lipinski definition) is 1. The Morgan fingerprint density at radius 3 is 2.86 bits per heavy atom. The minimum atomic E-state index is 1.15. The van der Waals surface area contributed by atoms with Crippen LogP contribution in [-0.4, -0.2) is 13.6 Å². The summed E-state index contributed by atoms with van der Waals surface area (Å²) in [5.74, 6) is 0. The van der Waals surface area contributed by atoms with E-state index in [1.807, 2.05) is 0 Å². The maximum absolute atomic E-state index is 2.41. The second-order valence-electron chi connectivity index (χ2n) is 4.24. The Morgan fingerprint density at radius 2 is 2.14 bits per heavy atom. The zero-order valence-electron chi connectivity index (χ0n) is 9.43. The molecular weight excluding hydrogens is 170 g/mol. The smallest absolute Gasteiger partial charge is 0.0428 e. The van der Waals surface area contributed by atoms with Gasteiger partial charge >= 0.3 is 0 Å². The number of aryl methyl sites for hydroxylation is 2. The first-order valence-corrected chi connectivity index (χ1v) is 5.56. The van der Waals surface area contributed by atoms with Crippen molar-refractivity contribution < 1.29 is 0 Å². The van der Waals surface area contributed by atoms with Crippen molar-refractivity contribution in [2.45, 2.75) is 33.1 Å². The Morgan fingerprint density at radius 1 is 1.36 bits per heavy atom. The number of benzene rings is 1. The molecule has 0 aromatic heterocycles. The molecule has 1 heterocycles. The van der Waals surface area contributed by atoms with Crippen molar-refractivity contribution in [1.82, 2.24) is 0 Å². The van der Waals surface area contributed by atoms with Crippen molar-refractivity contribution in [2.75, 3.05) is 18.5 Å². The minimum Gasteiger partial charge on any atom is -0.374 e. The van der Waals surface area contributed by atoms with Gasteiger partial charge in [-0.2, -0.15) is 0 Å².